The molecule has 0 saturated carbocycles. The molecule has 0 atom stereocenters. The highest BCUT2D eigenvalue weighted by atomic mass is 127. The molecule has 1 aromatic heterocycles. The van der Waals surface area contributed by atoms with E-state index >= 15 is 0 Å². The molecule has 0 amide bonds. The Morgan fingerprint density at radius 2 is 1.91 bits per heavy atom. The Bertz CT molecular complexity index is 640. The van der Waals surface area contributed by atoms with Gasteiger partial charge >= 0.3 is 0 Å². The zero-order valence-corrected chi connectivity index (χ0v) is 15.9. The molecule has 0 fully saturated rings. The number of benzene rings is 1. The van der Waals surface area contributed by atoms with Crippen molar-refractivity contribution in [3.8, 4) is 0 Å². The van der Waals surface area contributed by atoms with Gasteiger partial charge in [-0.1, -0.05) is 29.8 Å². The van der Waals surface area contributed by atoms with Gasteiger partial charge in [-0.2, -0.15) is 0 Å². The predicted octanol–water partition coefficient (Wildman–Crippen LogP) is 2.26. The molecule has 0 aliphatic heterocycles. The highest BCUT2D eigenvalue weighted by Gasteiger charge is 2.06. The molecule has 1 aromatic carbocycles. The third-order valence-corrected chi connectivity index (χ3v) is 3.59. The number of hydrogen-bond acceptors (Lipinski definition) is 3. The minimum absolute atomic E-state index is 0. The van der Waals surface area contributed by atoms with Gasteiger partial charge in [0.2, 0.25) is 0 Å². The lowest BCUT2D eigenvalue weighted by atomic mass is 10.2. The van der Waals surface area contributed by atoms with Crippen molar-refractivity contribution in [2.24, 2.45) is 12.0 Å². The van der Waals surface area contributed by atoms with E-state index in [4.69, 9.17) is 11.6 Å². The smallest absolute Gasteiger partial charge is 0.191 e. The first-order chi connectivity index (χ1) is 10.1. The van der Waals surface area contributed by atoms with Crippen molar-refractivity contribution >= 4 is 41.5 Å². The highest BCUT2D eigenvalue weighted by molar-refractivity contribution is 14.0. The van der Waals surface area contributed by atoms with Gasteiger partial charge in [0.1, 0.15) is 5.82 Å². The minimum Gasteiger partial charge on any atom is -0.352 e. The number of aryl methyl sites for hydroxylation is 1. The average Bonchev–Trinajstić information content (AvgIpc) is 2.81. The summed E-state index contributed by atoms with van der Waals surface area (Å²) in [7, 11) is 3.66. The van der Waals surface area contributed by atoms with Gasteiger partial charge < -0.3 is 15.2 Å². The lowest BCUT2D eigenvalue weighted by molar-refractivity contribution is 0.717. The Morgan fingerprint density at radius 1 is 1.23 bits per heavy atom. The number of guanidine groups is 1. The number of rotatable bonds is 4. The van der Waals surface area contributed by atoms with E-state index in [-0.39, 0.29) is 24.0 Å². The summed E-state index contributed by atoms with van der Waals surface area (Å²) in [5.74, 6) is 2.43. The predicted molar refractivity (Wildman–Crippen MR) is 99.6 cm³/mol. The van der Waals surface area contributed by atoms with E-state index in [1.807, 2.05) is 42.8 Å². The number of aliphatic imine (C=N–C) groups is 1. The van der Waals surface area contributed by atoms with Crippen LogP contribution in [0, 0.1) is 6.92 Å². The van der Waals surface area contributed by atoms with Gasteiger partial charge in [0, 0.05) is 25.7 Å². The van der Waals surface area contributed by atoms with E-state index in [1.165, 1.54) is 0 Å². The first-order valence-corrected chi connectivity index (χ1v) is 7.02. The summed E-state index contributed by atoms with van der Waals surface area (Å²) < 4.78 is 1.94. The van der Waals surface area contributed by atoms with E-state index < -0.39 is 0 Å². The largest absolute Gasteiger partial charge is 0.352 e. The van der Waals surface area contributed by atoms with Crippen LogP contribution in [-0.2, 0) is 20.1 Å². The Morgan fingerprint density at radius 3 is 2.50 bits per heavy atom. The van der Waals surface area contributed by atoms with Crippen LogP contribution in [-0.4, -0.2) is 27.8 Å². The van der Waals surface area contributed by atoms with Crippen LogP contribution < -0.4 is 10.6 Å². The molecule has 0 aliphatic carbocycles. The van der Waals surface area contributed by atoms with Crippen molar-refractivity contribution in [1.29, 1.82) is 0 Å². The SMILES string of the molecule is CN=C(NCc1ccccc1Cl)NCc1nnc(C)n1C.I. The molecule has 0 spiro atoms. The molecule has 0 aliphatic rings. The molecule has 0 radical (unpaired) electrons. The molecular formula is C14H20ClIN6. The number of nitrogens with zero attached hydrogens (tertiary/aromatic N) is 4. The normalized spacial score (nSPS) is 11.0. The molecule has 0 unspecified atom stereocenters. The minimum atomic E-state index is 0. The molecule has 6 nitrogen and oxygen atoms in total. The summed E-state index contributed by atoms with van der Waals surface area (Å²) in [6, 6.07) is 7.72. The summed E-state index contributed by atoms with van der Waals surface area (Å²) >= 11 is 6.13. The van der Waals surface area contributed by atoms with Gasteiger partial charge in [-0.05, 0) is 18.6 Å². The maximum atomic E-state index is 6.13. The number of hydrogen-bond donors (Lipinski definition) is 2. The van der Waals surface area contributed by atoms with E-state index in [0.717, 1.165) is 22.2 Å². The maximum absolute atomic E-state index is 6.13. The second-order valence-corrected chi connectivity index (χ2v) is 5.00. The van der Waals surface area contributed by atoms with Crippen LogP contribution in [0.3, 0.4) is 0 Å². The van der Waals surface area contributed by atoms with Gasteiger partial charge in [-0.3, -0.25) is 4.99 Å². The van der Waals surface area contributed by atoms with Crippen LogP contribution in [0.25, 0.3) is 0 Å². The second-order valence-electron chi connectivity index (χ2n) is 4.59. The van der Waals surface area contributed by atoms with Crippen molar-refractivity contribution < 1.29 is 0 Å². The van der Waals surface area contributed by atoms with Crippen LogP contribution in [0.15, 0.2) is 29.3 Å². The van der Waals surface area contributed by atoms with E-state index in [0.29, 0.717) is 19.0 Å². The molecule has 1 heterocycles. The quantitative estimate of drug-likeness (QED) is 0.440. The monoisotopic (exact) mass is 434 g/mol. The number of halogens is 2. The topological polar surface area (TPSA) is 67.1 Å². The fourth-order valence-corrected chi connectivity index (χ4v) is 2.01. The van der Waals surface area contributed by atoms with Crippen molar-refractivity contribution in [2.45, 2.75) is 20.0 Å². The molecule has 120 valence electrons. The van der Waals surface area contributed by atoms with Crippen molar-refractivity contribution in [2.75, 3.05) is 7.05 Å². The lowest BCUT2D eigenvalue weighted by Crippen LogP contribution is -2.37. The molecule has 22 heavy (non-hydrogen) atoms. The van der Waals surface area contributed by atoms with Crippen LogP contribution in [0.1, 0.15) is 17.2 Å². The van der Waals surface area contributed by atoms with E-state index in [2.05, 4.69) is 25.8 Å². The Kier molecular flexibility index (Phi) is 7.60. The standard InChI is InChI=1S/C14H19ClN6.HI/c1-10-19-20-13(21(10)3)9-18-14(16-2)17-8-11-6-4-5-7-12(11)15;/h4-7H,8-9H2,1-3H3,(H2,16,17,18);1H. The molecular weight excluding hydrogens is 415 g/mol. The third-order valence-electron chi connectivity index (χ3n) is 3.22. The third kappa shape index (κ3) is 4.84. The molecule has 0 saturated heterocycles. The second kappa shape index (κ2) is 8.94. The van der Waals surface area contributed by atoms with Crippen LogP contribution in [0.2, 0.25) is 5.02 Å². The van der Waals surface area contributed by atoms with Crippen LogP contribution in [0.4, 0.5) is 0 Å². The molecule has 2 aromatic rings. The lowest BCUT2D eigenvalue weighted by Gasteiger charge is -2.12. The van der Waals surface area contributed by atoms with Crippen LogP contribution >= 0.6 is 35.6 Å². The Hall–Kier alpha value is -1.35. The summed E-state index contributed by atoms with van der Waals surface area (Å²) in [4.78, 5) is 4.18. The summed E-state index contributed by atoms with van der Waals surface area (Å²) in [5.41, 5.74) is 1.02. The zero-order chi connectivity index (χ0) is 15.2. The maximum Gasteiger partial charge on any atom is 0.191 e. The average molecular weight is 435 g/mol. The summed E-state index contributed by atoms with van der Waals surface area (Å²) in [6.07, 6.45) is 0. The van der Waals surface area contributed by atoms with Gasteiger partial charge in [-0.15, -0.1) is 34.2 Å². The summed E-state index contributed by atoms with van der Waals surface area (Å²) in [5, 5.41) is 15.3. The van der Waals surface area contributed by atoms with E-state index in [1.54, 1.807) is 7.05 Å². The van der Waals surface area contributed by atoms with Crippen molar-refractivity contribution in [3.63, 3.8) is 0 Å². The van der Waals surface area contributed by atoms with Gasteiger partial charge in [0.25, 0.3) is 0 Å². The van der Waals surface area contributed by atoms with Crippen LogP contribution in [0.5, 0.6) is 0 Å². The Balaban J connectivity index is 0.00000242. The summed E-state index contributed by atoms with van der Waals surface area (Å²) in [6.45, 7) is 3.08. The molecule has 8 heteroatoms. The van der Waals surface area contributed by atoms with Crippen molar-refractivity contribution in [3.05, 3.63) is 46.5 Å². The highest BCUT2D eigenvalue weighted by Crippen LogP contribution is 2.14. The number of aromatic nitrogens is 3. The van der Waals surface area contributed by atoms with Gasteiger partial charge in [-0.25, -0.2) is 0 Å². The first kappa shape index (κ1) is 18.7. The first-order valence-electron chi connectivity index (χ1n) is 6.64. The van der Waals surface area contributed by atoms with E-state index in [9.17, 15) is 0 Å². The molecule has 0 bridgehead atoms. The molecule has 2 N–H and O–H groups in total. The fourth-order valence-electron chi connectivity index (χ4n) is 1.81. The zero-order valence-electron chi connectivity index (χ0n) is 12.8. The Labute approximate surface area is 152 Å². The molecule has 2 rings (SSSR count). The van der Waals surface area contributed by atoms with Gasteiger partial charge in [0.05, 0.1) is 6.54 Å². The fraction of sp³-hybridized carbons (Fsp3) is 0.357. The number of nitrogens with one attached hydrogen (secondary N) is 2. The van der Waals surface area contributed by atoms with Gasteiger partial charge in [0.15, 0.2) is 11.8 Å². The van der Waals surface area contributed by atoms with Crippen molar-refractivity contribution in [1.82, 2.24) is 25.4 Å².